The van der Waals surface area contributed by atoms with Crippen LogP contribution >= 0.6 is 0 Å². The van der Waals surface area contributed by atoms with Crippen molar-refractivity contribution in [3.05, 3.63) is 29.8 Å². The number of amides is 1. The summed E-state index contributed by atoms with van der Waals surface area (Å²) in [7, 11) is 5.90. The topological polar surface area (TPSA) is 47.0 Å². The highest BCUT2D eigenvalue weighted by Crippen LogP contribution is 2.17. The second-order valence-electron chi connectivity index (χ2n) is 6.71. The van der Waals surface area contributed by atoms with Gasteiger partial charge in [-0.1, -0.05) is 12.1 Å². The molecule has 0 saturated carbocycles. The Morgan fingerprint density at radius 3 is 2.30 bits per heavy atom. The molecular weight excluding hydrogens is 290 g/mol. The largest absolute Gasteiger partial charge is 0.396 e. The zero-order chi connectivity index (χ0) is 16.8. The number of rotatable bonds is 6. The van der Waals surface area contributed by atoms with E-state index < -0.39 is 0 Å². The SMILES string of the molecule is CN(Cc1ccc(N(C)C)cc1)C(=O)CN1CCC(CO)CC1. The predicted molar refractivity (Wildman–Crippen MR) is 93.5 cm³/mol. The number of hydrogen-bond donors (Lipinski definition) is 1. The molecule has 5 nitrogen and oxygen atoms in total. The number of benzene rings is 1. The molecule has 1 heterocycles. The lowest BCUT2D eigenvalue weighted by molar-refractivity contribution is -0.132. The summed E-state index contributed by atoms with van der Waals surface area (Å²) in [6, 6.07) is 8.30. The maximum absolute atomic E-state index is 12.4. The number of aliphatic hydroxyl groups is 1. The number of aliphatic hydroxyl groups excluding tert-OH is 1. The monoisotopic (exact) mass is 319 g/mol. The molecule has 1 aliphatic heterocycles. The molecule has 1 N–H and O–H groups in total. The molecule has 1 aromatic rings. The summed E-state index contributed by atoms with van der Waals surface area (Å²) in [6.07, 6.45) is 1.97. The van der Waals surface area contributed by atoms with Gasteiger partial charge in [-0.05, 0) is 49.5 Å². The minimum absolute atomic E-state index is 0.157. The average molecular weight is 319 g/mol. The van der Waals surface area contributed by atoms with Gasteiger partial charge in [-0.25, -0.2) is 0 Å². The molecule has 1 amide bonds. The smallest absolute Gasteiger partial charge is 0.236 e. The van der Waals surface area contributed by atoms with Gasteiger partial charge in [0.1, 0.15) is 0 Å². The number of carbonyl (C=O) groups excluding carboxylic acids is 1. The van der Waals surface area contributed by atoms with Gasteiger partial charge < -0.3 is 14.9 Å². The Hall–Kier alpha value is -1.59. The molecule has 0 aromatic heterocycles. The van der Waals surface area contributed by atoms with Crippen molar-refractivity contribution in [2.24, 2.45) is 5.92 Å². The van der Waals surface area contributed by atoms with Crippen molar-refractivity contribution in [1.82, 2.24) is 9.80 Å². The molecule has 0 aliphatic carbocycles. The number of anilines is 1. The molecular formula is C18H29N3O2. The predicted octanol–water partition coefficient (Wildman–Crippen LogP) is 1.42. The highest BCUT2D eigenvalue weighted by atomic mass is 16.3. The fourth-order valence-electron chi connectivity index (χ4n) is 2.90. The molecule has 0 atom stereocenters. The van der Waals surface area contributed by atoms with E-state index in [-0.39, 0.29) is 12.5 Å². The highest BCUT2D eigenvalue weighted by Gasteiger charge is 2.21. The van der Waals surface area contributed by atoms with Crippen LogP contribution < -0.4 is 4.90 Å². The van der Waals surface area contributed by atoms with Crippen LogP contribution in [-0.2, 0) is 11.3 Å². The van der Waals surface area contributed by atoms with E-state index in [0.29, 0.717) is 19.0 Å². The van der Waals surface area contributed by atoms with Crippen LogP contribution in [0.4, 0.5) is 5.69 Å². The third kappa shape index (κ3) is 5.22. The molecule has 2 rings (SSSR count). The maximum Gasteiger partial charge on any atom is 0.236 e. The van der Waals surface area contributed by atoms with Gasteiger partial charge in [0.15, 0.2) is 0 Å². The number of hydrogen-bond acceptors (Lipinski definition) is 4. The quantitative estimate of drug-likeness (QED) is 0.861. The van der Waals surface area contributed by atoms with E-state index in [0.717, 1.165) is 37.2 Å². The number of nitrogens with zero attached hydrogens (tertiary/aromatic N) is 3. The molecule has 1 saturated heterocycles. The van der Waals surface area contributed by atoms with Crippen LogP contribution in [0.5, 0.6) is 0 Å². The van der Waals surface area contributed by atoms with Gasteiger partial charge >= 0.3 is 0 Å². The fourth-order valence-corrected chi connectivity index (χ4v) is 2.90. The van der Waals surface area contributed by atoms with Crippen molar-refractivity contribution >= 4 is 11.6 Å². The Morgan fingerprint density at radius 1 is 1.17 bits per heavy atom. The fraction of sp³-hybridized carbons (Fsp3) is 0.611. The number of likely N-dealkylation sites (tertiary alicyclic amines) is 1. The molecule has 0 unspecified atom stereocenters. The number of likely N-dealkylation sites (N-methyl/N-ethyl adjacent to an activating group) is 1. The third-order valence-corrected chi connectivity index (χ3v) is 4.62. The summed E-state index contributed by atoms with van der Waals surface area (Å²) in [4.78, 5) is 18.4. The van der Waals surface area contributed by atoms with Gasteiger partial charge in [0.2, 0.25) is 5.91 Å². The first kappa shape index (κ1) is 17.8. The van der Waals surface area contributed by atoms with Gasteiger partial charge in [0, 0.05) is 40.0 Å². The normalized spacial score (nSPS) is 16.3. The summed E-state index contributed by atoms with van der Waals surface area (Å²) in [5.41, 5.74) is 2.31. The lowest BCUT2D eigenvalue weighted by Gasteiger charge is -2.31. The minimum atomic E-state index is 0.157. The third-order valence-electron chi connectivity index (χ3n) is 4.62. The van der Waals surface area contributed by atoms with Gasteiger partial charge in [-0.2, -0.15) is 0 Å². The van der Waals surface area contributed by atoms with Crippen LogP contribution in [-0.4, -0.2) is 68.2 Å². The summed E-state index contributed by atoms with van der Waals surface area (Å²) in [6.45, 7) is 3.19. The van der Waals surface area contributed by atoms with Crippen molar-refractivity contribution < 1.29 is 9.90 Å². The minimum Gasteiger partial charge on any atom is -0.396 e. The Bertz CT molecular complexity index is 493. The maximum atomic E-state index is 12.4. The first-order chi connectivity index (χ1) is 11.0. The van der Waals surface area contributed by atoms with Gasteiger partial charge in [0.05, 0.1) is 6.54 Å². The molecule has 1 aliphatic rings. The molecule has 0 bridgehead atoms. The molecule has 1 fully saturated rings. The van der Waals surface area contributed by atoms with Gasteiger partial charge in [0.25, 0.3) is 0 Å². The second kappa shape index (κ2) is 8.31. The van der Waals surface area contributed by atoms with E-state index in [4.69, 9.17) is 5.11 Å². The highest BCUT2D eigenvalue weighted by molar-refractivity contribution is 5.78. The van der Waals surface area contributed by atoms with Crippen LogP contribution in [0, 0.1) is 5.92 Å². The second-order valence-corrected chi connectivity index (χ2v) is 6.71. The molecule has 128 valence electrons. The van der Waals surface area contributed by atoms with E-state index in [9.17, 15) is 4.79 Å². The van der Waals surface area contributed by atoms with Crippen molar-refractivity contribution in [1.29, 1.82) is 0 Å². The zero-order valence-corrected chi connectivity index (χ0v) is 14.5. The summed E-state index contributed by atoms with van der Waals surface area (Å²) in [5, 5.41) is 9.17. The first-order valence-corrected chi connectivity index (χ1v) is 8.33. The Morgan fingerprint density at radius 2 is 1.78 bits per heavy atom. The lowest BCUT2D eigenvalue weighted by atomic mass is 9.98. The molecule has 5 heteroatoms. The van der Waals surface area contributed by atoms with Crippen molar-refractivity contribution in [2.45, 2.75) is 19.4 Å². The summed E-state index contributed by atoms with van der Waals surface area (Å²) < 4.78 is 0. The van der Waals surface area contributed by atoms with Crippen LogP contribution in [0.15, 0.2) is 24.3 Å². The molecule has 0 spiro atoms. The Kier molecular flexibility index (Phi) is 6.42. The number of piperidine rings is 1. The lowest BCUT2D eigenvalue weighted by Crippen LogP contribution is -2.42. The van der Waals surface area contributed by atoms with Crippen molar-refractivity contribution in [2.75, 3.05) is 52.3 Å². The molecule has 1 aromatic carbocycles. The van der Waals surface area contributed by atoms with Crippen LogP contribution in [0.25, 0.3) is 0 Å². The van der Waals surface area contributed by atoms with E-state index >= 15 is 0 Å². The average Bonchev–Trinajstić information content (AvgIpc) is 2.56. The molecule has 0 radical (unpaired) electrons. The number of carbonyl (C=O) groups is 1. The van der Waals surface area contributed by atoms with Gasteiger partial charge in [-0.3, -0.25) is 9.69 Å². The summed E-state index contributed by atoms with van der Waals surface area (Å²) in [5.74, 6) is 0.568. The van der Waals surface area contributed by atoms with Gasteiger partial charge in [-0.15, -0.1) is 0 Å². The Balaban J connectivity index is 1.80. The van der Waals surface area contributed by atoms with E-state index in [1.807, 2.05) is 21.1 Å². The van der Waals surface area contributed by atoms with Crippen LogP contribution in [0.2, 0.25) is 0 Å². The summed E-state index contributed by atoms with van der Waals surface area (Å²) >= 11 is 0. The van der Waals surface area contributed by atoms with E-state index in [1.165, 1.54) is 0 Å². The van der Waals surface area contributed by atoms with Crippen molar-refractivity contribution in [3.63, 3.8) is 0 Å². The van der Waals surface area contributed by atoms with Crippen molar-refractivity contribution in [3.8, 4) is 0 Å². The van der Waals surface area contributed by atoms with Crippen LogP contribution in [0.3, 0.4) is 0 Å². The van der Waals surface area contributed by atoms with E-state index in [2.05, 4.69) is 34.1 Å². The Labute approximate surface area is 139 Å². The zero-order valence-electron chi connectivity index (χ0n) is 14.5. The first-order valence-electron chi connectivity index (χ1n) is 8.33. The van der Waals surface area contributed by atoms with Crippen LogP contribution in [0.1, 0.15) is 18.4 Å². The standard InChI is InChI=1S/C18H29N3O2/c1-19(2)17-6-4-15(5-7-17)12-20(3)18(23)13-21-10-8-16(14-22)9-11-21/h4-7,16,22H,8-14H2,1-3H3. The van der Waals surface area contributed by atoms with E-state index in [1.54, 1.807) is 4.90 Å². The molecule has 23 heavy (non-hydrogen) atoms.